The third-order valence-electron chi connectivity index (χ3n) is 15.0. The monoisotopic (exact) mass is 1240 g/mol. The molecule has 0 amide bonds. The smallest absolute Gasteiger partial charge is 0.462 e. The van der Waals surface area contributed by atoms with Crippen LogP contribution in [0.25, 0.3) is 0 Å². The van der Waals surface area contributed by atoms with Crippen molar-refractivity contribution in [1.82, 2.24) is 0 Å². The largest absolute Gasteiger partial charge is 0.472 e. The molecule has 2 unspecified atom stereocenters. The quantitative estimate of drug-likeness (QED) is 0.0222. The Bertz CT molecular complexity index is 1650. The van der Waals surface area contributed by atoms with Crippen LogP contribution in [0.4, 0.5) is 0 Å². The van der Waals surface area contributed by atoms with Crippen LogP contribution < -0.4 is 0 Å². The first-order valence-corrected chi connectivity index (χ1v) is 37.0. The van der Waals surface area contributed by atoms with Crippen molar-refractivity contribution in [2.75, 3.05) is 39.6 Å². The Morgan fingerprint density at radius 3 is 0.810 bits per heavy atom. The molecule has 19 heteroatoms. The molecule has 0 bridgehead atoms. The first-order chi connectivity index (χ1) is 40.4. The van der Waals surface area contributed by atoms with Gasteiger partial charge in [-0.15, -0.1) is 0 Å². The number of aliphatic hydroxyl groups excluding tert-OH is 1. The molecule has 0 fully saturated rings. The summed E-state index contributed by atoms with van der Waals surface area (Å²) in [5.41, 5.74) is 0. The van der Waals surface area contributed by atoms with Gasteiger partial charge in [-0.2, -0.15) is 0 Å². The summed E-state index contributed by atoms with van der Waals surface area (Å²) in [7, 11) is -9.87. The van der Waals surface area contributed by atoms with Gasteiger partial charge in [0.15, 0.2) is 12.2 Å². The van der Waals surface area contributed by atoms with Crippen LogP contribution >= 0.6 is 15.6 Å². The van der Waals surface area contributed by atoms with E-state index in [4.69, 9.17) is 37.0 Å². The fourth-order valence-electron chi connectivity index (χ4n) is 9.71. The Hall–Kier alpha value is -1.94. The predicted molar refractivity (Wildman–Crippen MR) is 335 cm³/mol. The number of phosphoric ester groups is 2. The zero-order valence-corrected chi connectivity index (χ0v) is 56.0. The minimum absolute atomic E-state index is 0.105. The Morgan fingerprint density at radius 2 is 0.548 bits per heavy atom. The van der Waals surface area contributed by atoms with Gasteiger partial charge in [0.05, 0.1) is 26.4 Å². The maximum Gasteiger partial charge on any atom is 0.472 e. The van der Waals surface area contributed by atoms with Gasteiger partial charge in [0.25, 0.3) is 0 Å². The van der Waals surface area contributed by atoms with E-state index < -0.39 is 97.5 Å². The van der Waals surface area contributed by atoms with E-state index >= 15 is 0 Å². The van der Waals surface area contributed by atoms with E-state index in [0.717, 1.165) is 109 Å². The van der Waals surface area contributed by atoms with E-state index in [1.807, 2.05) is 0 Å². The van der Waals surface area contributed by atoms with Gasteiger partial charge in [0, 0.05) is 25.7 Å². The second-order valence-electron chi connectivity index (χ2n) is 24.5. The summed E-state index contributed by atoms with van der Waals surface area (Å²) in [5, 5.41) is 10.5. The van der Waals surface area contributed by atoms with Crippen LogP contribution in [0.3, 0.4) is 0 Å². The van der Waals surface area contributed by atoms with Gasteiger partial charge < -0.3 is 33.8 Å². The van der Waals surface area contributed by atoms with Gasteiger partial charge >= 0.3 is 39.5 Å². The van der Waals surface area contributed by atoms with Crippen LogP contribution in [-0.4, -0.2) is 96.7 Å². The van der Waals surface area contributed by atoms with E-state index in [-0.39, 0.29) is 25.7 Å². The van der Waals surface area contributed by atoms with Crippen molar-refractivity contribution in [3.8, 4) is 0 Å². The lowest BCUT2D eigenvalue weighted by atomic mass is 10.0. The van der Waals surface area contributed by atoms with Gasteiger partial charge in [-0.1, -0.05) is 273 Å². The minimum Gasteiger partial charge on any atom is -0.462 e. The third kappa shape index (κ3) is 59.0. The van der Waals surface area contributed by atoms with Crippen LogP contribution in [0.1, 0.15) is 324 Å². The molecular formula is C65H126O17P2. The first-order valence-electron chi connectivity index (χ1n) is 34.0. The maximum absolute atomic E-state index is 13.0. The standard InChI is InChI=1S/C65H126O17P2/c1-7-9-11-13-14-25-29-37-43-49-64(69)81-60(53-75-62(67)47-41-33-12-10-8-2)55-79-83(71,72)77-51-59(66)52-78-84(73,74)80-56-61(54-76-63(68)48-42-36-32-31-35-40-46-58(5)6)82-65(70)50-44-38-30-27-24-22-20-18-16-15-17-19-21-23-26-28-34-39-45-57(3)4/h57-61,66H,7-56H2,1-6H3,(H,71,72)(H,73,74)/t59-,60+,61+/m0/s1. The topological polar surface area (TPSA) is 237 Å². The number of unbranched alkanes of at least 4 members (excludes halogenated alkanes) is 34. The number of ether oxygens (including phenoxy) is 4. The highest BCUT2D eigenvalue weighted by molar-refractivity contribution is 7.47. The molecule has 0 aromatic carbocycles. The predicted octanol–water partition coefficient (Wildman–Crippen LogP) is 18.0. The molecule has 17 nitrogen and oxygen atoms in total. The Kier molecular flexibility index (Phi) is 56.2. The first kappa shape index (κ1) is 82.1. The highest BCUT2D eigenvalue weighted by Crippen LogP contribution is 2.45. The third-order valence-corrected chi connectivity index (χ3v) is 16.9. The van der Waals surface area contributed by atoms with Crippen LogP contribution in [-0.2, 0) is 65.4 Å². The van der Waals surface area contributed by atoms with E-state index in [2.05, 4.69) is 41.5 Å². The second kappa shape index (κ2) is 57.5. The zero-order valence-electron chi connectivity index (χ0n) is 54.2. The summed E-state index contributed by atoms with van der Waals surface area (Å²) in [6.45, 7) is 9.35. The van der Waals surface area contributed by atoms with Crippen molar-refractivity contribution < 1.29 is 80.2 Å². The van der Waals surface area contributed by atoms with Gasteiger partial charge in [0.2, 0.25) is 0 Å². The summed E-state index contributed by atoms with van der Waals surface area (Å²) >= 11 is 0. The lowest BCUT2D eigenvalue weighted by molar-refractivity contribution is -0.161. The van der Waals surface area contributed by atoms with Crippen molar-refractivity contribution in [1.29, 1.82) is 0 Å². The molecule has 3 N–H and O–H groups in total. The zero-order chi connectivity index (χ0) is 62.2. The molecule has 5 atom stereocenters. The van der Waals surface area contributed by atoms with Crippen molar-refractivity contribution in [3.05, 3.63) is 0 Å². The number of esters is 4. The molecule has 0 aromatic rings. The second-order valence-corrected chi connectivity index (χ2v) is 27.4. The van der Waals surface area contributed by atoms with E-state index in [9.17, 15) is 43.2 Å². The number of carbonyl (C=O) groups excluding carboxylic acids is 4. The summed E-state index contributed by atoms with van der Waals surface area (Å²) in [6, 6.07) is 0. The summed E-state index contributed by atoms with van der Waals surface area (Å²) in [4.78, 5) is 71.9. The van der Waals surface area contributed by atoms with Crippen LogP contribution in [0, 0.1) is 11.8 Å². The van der Waals surface area contributed by atoms with Gasteiger partial charge in [-0.05, 0) is 37.5 Å². The van der Waals surface area contributed by atoms with Crippen molar-refractivity contribution in [2.45, 2.75) is 342 Å². The van der Waals surface area contributed by atoms with E-state index in [1.54, 1.807) is 0 Å². The molecular weight excluding hydrogens is 1110 g/mol. The highest BCUT2D eigenvalue weighted by atomic mass is 31.2. The molecule has 0 rings (SSSR count). The molecule has 0 aliphatic rings. The Morgan fingerprint density at radius 1 is 0.321 bits per heavy atom. The summed E-state index contributed by atoms with van der Waals surface area (Å²) in [5.74, 6) is -0.648. The van der Waals surface area contributed by atoms with Crippen LogP contribution in [0.2, 0.25) is 0 Å². The number of rotatable bonds is 64. The molecule has 0 spiro atoms. The molecule has 0 aromatic heterocycles. The van der Waals surface area contributed by atoms with Crippen molar-refractivity contribution in [3.63, 3.8) is 0 Å². The Balaban J connectivity index is 5.05. The lowest BCUT2D eigenvalue weighted by Gasteiger charge is -2.21. The molecule has 0 radical (unpaired) electrons. The number of phosphoric acid groups is 2. The molecule has 0 aliphatic heterocycles. The van der Waals surface area contributed by atoms with Crippen LogP contribution in [0.5, 0.6) is 0 Å². The fourth-order valence-corrected chi connectivity index (χ4v) is 11.3. The highest BCUT2D eigenvalue weighted by Gasteiger charge is 2.30. The molecule has 0 saturated heterocycles. The van der Waals surface area contributed by atoms with Crippen molar-refractivity contribution in [2.24, 2.45) is 11.8 Å². The van der Waals surface area contributed by atoms with Gasteiger partial charge in [0.1, 0.15) is 19.3 Å². The number of hydrogen-bond acceptors (Lipinski definition) is 15. The normalized spacial score (nSPS) is 14.3. The average Bonchev–Trinajstić information content (AvgIpc) is 3.59. The average molecular weight is 1240 g/mol. The summed E-state index contributed by atoms with van der Waals surface area (Å²) in [6.07, 6.45) is 41.0. The number of hydrogen-bond donors (Lipinski definition) is 3. The molecule has 498 valence electrons. The van der Waals surface area contributed by atoms with Gasteiger partial charge in [-0.3, -0.25) is 37.3 Å². The number of aliphatic hydroxyl groups is 1. The van der Waals surface area contributed by atoms with E-state index in [0.29, 0.717) is 31.6 Å². The van der Waals surface area contributed by atoms with Gasteiger partial charge in [-0.25, -0.2) is 9.13 Å². The number of carbonyl (C=O) groups is 4. The lowest BCUT2D eigenvalue weighted by Crippen LogP contribution is -2.30. The molecule has 0 heterocycles. The maximum atomic E-state index is 13.0. The molecule has 0 aliphatic carbocycles. The fraction of sp³-hybridized carbons (Fsp3) is 0.938. The minimum atomic E-state index is -4.94. The Labute approximate surface area is 511 Å². The molecule has 84 heavy (non-hydrogen) atoms. The van der Waals surface area contributed by atoms with Crippen molar-refractivity contribution >= 4 is 39.5 Å². The summed E-state index contributed by atoms with van der Waals surface area (Å²) < 4.78 is 67.7. The SMILES string of the molecule is CCCCCCCCCCCC(=O)O[C@H](COC(=O)CCCCCCC)COP(=O)(O)OC[C@H](O)COP(=O)(O)OC[C@@H](COC(=O)CCCCCCCCC(C)C)OC(=O)CCCCCCCCCCCCCCCCCCCCC(C)C. The van der Waals surface area contributed by atoms with Crippen LogP contribution in [0.15, 0.2) is 0 Å². The molecule has 0 saturated carbocycles. The van der Waals surface area contributed by atoms with E-state index in [1.165, 1.54) is 128 Å².